The number of Topliss-reactive ketones (excluding diaryl/α,β-unsaturated/α-hetero) is 1. The van der Waals surface area contributed by atoms with E-state index in [-0.39, 0.29) is 23.0 Å². The zero-order valence-electron chi connectivity index (χ0n) is 20.6. The van der Waals surface area contributed by atoms with Gasteiger partial charge in [-0.05, 0) is 47.5 Å². The summed E-state index contributed by atoms with van der Waals surface area (Å²) in [7, 11) is 3.49. The van der Waals surface area contributed by atoms with Gasteiger partial charge in [-0.15, -0.1) is 0 Å². The fraction of sp³-hybridized carbons (Fsp3) is 0.250. The molecule has 2 atom stereocenters. The number of ketones is 1. The predicted molar refractivity (Wildman–Crippen MR) is 139 cm³/mol. The summed E-state index contributed by atoms with van der Waals surface area (Å²) in [6, 6.07) is 12.7. The van der Waals surface area contributed by atoms with Gasteiger partial charge in [-0.2, -0.15) is 0 Å². The number of hydrogen-bond donors (Lipinski definition) is 2. The van der Waals surface area contributed by atoms with Gasteiger partial charge in [0, 0.05) is 44.9 Å². The molecule has 196 valence electrons. The van der Waals surface area contributed by atoms with E-state index in [0.717, 1.165) is 17.4 Å². The van der Waals surface area contributed by atoms with E-state index < -0.39 is 34.7 Å². The van der Waals surface area contributed by atoms with E-state index in [0.29, 0.717) is 29.8 Å². The standard InChI is InChI=1S/C28H24ClF2N3O4/c1-33(2)23-12-22-17(11-20(23)31)28(13-24(28)35)14-34(22)16-8-6-15(7-9-16)10-21(27(37)38)32-26(36)25-18(29)4-3-5-19(25)30/h3-9,11-12,21H,10,13-14H2,1-2H3,(H,32,36)(H,37,38). The average Bonchev–Trinajstić information content (AvgIpc) is 3.40. The van der Waals surface area contributed by atoms with Crippen LogP contribution >= 0.6 is 11.6 Å². The van der Waals surface area contributed by atoms with Gasteiger partial charge in [-0.3, -0.25) is 9.59 Å². The van der Waals surface area contributed by atoms with Crippen molar-refractivity contribution >= 4 is 46.3 Å². The van der Waals surface area contributed by atoms with Crippen molar-refractivity contribution in [2.24, 2.45) is 0 Å². The first-order valence-electron chi connectivity index (χ1n) is 11.9. The smallest absolute Gasteiger partial charge is 0.326 e. The monoisotopic (exact) mass is 539 g/mol. The van der Waals surface area contributed by atoms with E-state index in [1.54, 1.807) is 49.3 Å². The van der Waals surface area contributed by atoms with Crippen LogP contribution in [0.25, 0.3) is 0 Å². The number of carbonyl (C=O) groups excluding carboxylic acids is 2. The van der Waals surface area contributed by atoms with Crippen LogP contribution in [0.2, 0.25) is 5.02 Å². The van der Waals surface area contributed by atoms with Crippen LogP contribution in [-0.4, -0.2) is 49.4 Å². The highest BCUT2D eigenvalue weighted by molar-refractivity contribution is 6.33. The van der Waals surface area contributed by atoms with Crippen LogP contribution < -0.4 is 15.1 Å². The van der Waals surface area contributed by atoms with Crippen LogP contribution in [0.3, 0.4) is 0 Å². The molecule has 2 N–H and O–H groups in total. The number of carbonyl (C=O) groups is 3. The van der Waals surface area contributed by atoms with E-state index >= 15 is 0 Å². The van der Waals surface area contributed by atoms with Gasteiger partial charge in [0.25, 0.3) is 5.91 Å². The number of benzene rings is 3. The second kappa shape index (κ2) is 9.40. The van der Waals surface area contributed by atoms with Gasteiger partial charge in [0.15, 0.2) is 0 Å². The molecule has 3 aromatic carbocycles. The van der Waals surface area contributed by atoms with Crippen molar-refractivity contribution < 1.29 is 28.3 Å². The van der Waals surface area contributed by atoms with Crippen LogP contribution in [0, 0.1) is 11.6 Å². The first kappa shape index (κ1) is 25.7. The highest BCUT2D eigenvalue weighted by atomic mass is 35.5. The minimum absolute atomic E-state index is 0.0532. The molecule has 1 saturated carbocycles. The molecule has 1 aliphatic carbocycles. The van der Waals surface area contributed by atoms with Gasteiger partial charge < -0.3 is 20.2 Å². The lowest BCUT2D eigenvalue weighted by Gasteiger charge is -2.22. The van der Waals surface area contributed by atoms with Crippen molar-refractivity contribution in [3.05, 3.63) is 87.9 Å². The number of nitrogens with one attached hydrogen (secondary N) is 1. The Hall–Kier alpha value is -3.98. The van der Waals surface area contributed by atoms with Crippen LogP contribution in [0.15, 0.2) is 54.6 Å². The van der Waals surface area contributed by atoms with Crippen molar-refractivity contribution in [2.75, 3.05) is 30.4 Å². The Kier molecular flexibility index (Phi) is 6.35. The molecule has 2 aliphatic rings. The minimum Gasteiger partial charge on any atom is -0.480 e. The third kappa shape index (κ3) is 4.36. The number of hydrogen-bond acceptors (Lipinski definition) is 5. The Morgan fingerprint density at radius 1 is 1.13 bits per heavy atom. The highest BCUT2D eigenvalue weighted by Crippen LogP contribution is 2.56. The molecule has 1 spiro atoms. The molecule has 0 saturated heterocycles. The topological polar surface area (TPSA) is 90.0 Å². The molecule has 3 aromatic rings. The molecule has 2 unspecified atom stereocenters. The van der Waals surface area contributed by atoms with Gasteiger partial charge in [-0.25, -0.2) is 13.6 Å². The molecular weight excluding hydrogens is 516 g/mol. The molecule has 1 aliphatic heterocycles. The second-order valence-corrected chi connectivity index (χ2v) is 10.2. The maximum absolute atomic E-state index is 14.7. The summed E-state index contributed by atoms with van der Waals surface area (Å²) in [4.78, 5) is 40.4. The van der Waals surface area contributed by atoms with Gasteiger partial charge in [-0.1, -0.05) is 29.8 Å². The van der Waals surface area contributed by atoms with Gasteiger partial charge in [0.05, 0.1) is 21.7 Å². The van der Waals surface area contributed by atoms with Crippen LogP contribution in [0.4, 0.5) is 25.8 Å². The van der Waals surface area contributed by atoms with Crippen molar-refractivity contribution in [2.45, 2.75) is 24.3 Å². The van der Waals surface area contributed by atoms with Crippen LogP contribution in [-0.2, 0) is 21.4 Å². The molecule has 38 heavy (non-hydrogen) atoms. The Labute approximate surface area is 222 Å². The minimum atomic E-state index is -1.32. The number of rotatable bonds is 7. The first-order chi connectivity index (χ1) is 18.0. The lowest BCUT2D eigenvalue weighted by Crippen LogP contribution is -2.42. The molecule has 0 bridgehead atoms. The Morgan fingerprint density at radius 2 is 1.82 bits per heavy atom. The van der Waals surface area contributed by atoms with Crippen LogP contribution in [0.1, 0.15) is 27.9 Å². The van der Waals surface area contributed by atoms with Gasteiger partial charge in [0.2, 0.25) is 0 Å². The summed E-state index contributed by atoms with van der Waals surface area (Å²) in [5.74, 6) is -3.36. The summed E-state index contributed by atoms with van der Waals surface area (Å²) >= 11 is 5.93. The van der Waals surface area contributed by atoms with Crippen molar-refractivity contribution in [1.29, 1.82) is 0 Å². The SMILES string of the molecule is CN(C)c1cc2c(cc1F)C1(CC1=O)CN2c1ccc(CC(NC(=O)c2c(F)cccc2Cl)C(=O)O)cc1. The number of carboxylic acids is 1. The average molecular weight is 540 g/mol. The number of amides is 1. The third-order valence-corrected chi connectivity index (χ3v) is 7.45. The zero-order chi connectivity index (χ0) is 27.4. The van der Waals surface area contributed by atoms with Crippen molar-refractivity contribution in [1.82, 2.24) is 5.32 Å². The largest absolute Gasteiger partial charge is 0.480 e. The molecule has 0 aromatic heterocycles. The summed E-state index contributed by atoms with van der Waals surface area (Å²) in [5.41, 5.74) is 2.10. The fourth-order valence-electron chi connectivity index (χ4n) is 4.98. The molecule has 1 amide bonds. The number of fused-ring (bicyclic) bond motifs is 2. The van der Waals surface area contributed by atoms with E-state index in [4.69, 9.17) is 11.6 Å². The molecular formula is C28H24ClF2N3O4. The molecule has 1 fully saturated rings. The maximum Gasteiger partial charge on any atom is 0.326 e. The first-order valence-corrected chi connectivity index (χ1v) is 12.3. The van der Waals surface area contributed by atoms with E-state index in [1.807, 2.05) is 4.90 Å². The molecule has 10 heteroatoms. The highest BCUT2D eigenvalue weighted by Gasteiger charge is 2.61. The molecule has 0 radical (unpaired) electrons. The summed E-state index contributed by atoms with van der Waals surface area (Å²) in [6.45, 7) is 0.397. The Balaban J connectivity index is 1.38. The maximum atomic E-state index is 14.7. The summed E-state index contributed by atoms with van der Waals surface area (Å²) in [5, 5.41) is 11.9. The number of carboxylic acid groups (broad SMARTS) is 1. The molecule has 1 heterocycles. The fourth-order valence-corrected chi connectivity index (χ4v) is 5.23. The lowest BCUT2D eigenvalue weighted by atomic mass is 9.97. The second-order valence-electron chi connectivity index (χ2n) is 9.81. The predicted octanol–water partition coefficient (Wildman–Crippen LogP) is 4.47. The molecule has 5 rings (SSSR count). The Morgan fingerprint density at radius 3 is 2.39 bits per heavy atom. The summed E-state index contributed by atoms with van der Waals surface area (Å²) < 4.78 is 28.8. The number of nitrogens with zero attached hydrogens (tertiary/aromatic N) is 2. The number of aliphatic carboxylic acids is 1. The van der Waals surface area contributed by atoms with Gasteiger partial charge in [0.1, 0.15) is 23.5 Å². The quantitative estimate of drug-likeness (QED) is 0.460. The lowest BCUT2D eigenvalue weighted by molar-refractivity contribution is -0.139. The number of halogens is 3. The zero-order valence-corrected chi connectivity index (χ0v) is 21.4. The van der Waals surface area contributed by atoms with E-state index in [1.165, 1.54) is 18.2 Å². The van der Waals surface area contributed by atoms with Crippen molar-refractivity contribution in [3.63, 3.8) is 0 Å². The normalized spacial score (nSPS) is 18.3. The van der Waals surface area contributed by atoms with Crippen LogP contribution in [0.5, 0.6) is 0 Å². The Bertz CT molecular complexity index is 1460. The van der Waals surface area contributed by atoms with E-state index in [2.05, 4.69) is 5.32 Å². The third-order valence-electron chi connectivity index (χ3n) is 7.13. The number of anilines is 3. The van der Waals surface area contributed by atoms with Crippen molar-refractivity contribution in [3.8, 4) is 0 Å². The summed E-state index contributed by atoms with van der Waals surface area (Å²) in [6.07, 6.45) is 0.309. The van der Waals surface area contributed by atoms with Gasteiger partial charge >= 0.3 is 5.97 Å². The van der Waals surface area contributed by atoms with E-state index in [9.17, 15) is 28.3 Å². The molecule has 7 nitrogen and oxygen atoms in total.